The average molecular weight is 239 g/mol. The molecule has 1 atom stereocenters. The van der Waals surface area contributed by atoms with Crippen LogP contribution in [0.5, 0.6) is 0 Å². The molecule has 1 rings (SSSR count). The molecule has 0 aliphatic rings. The third kappa shape index (κ3) is 4.56. The number of hydrogen-bond acceptors (Lipinski definition) is 4. The van der Waals surface area contributed by atoms with Gasteiger partial charge in [0.1, 0.15) is 6.04 Å². The van der Waals surface area contributed by atoms with Gasteiger partial charge in [0.15, 0.2) is 0 Å². The van der Waals surface area contributed by atoms with E-state index in [2.05, 4.69) is 12.0 Å². The maximum Gasteiger partial charge on any atom is 0.327 e. The largest absolute Gasteiger partial charge is 0.464 e. The van der Waals surface area contributed by atoms with Crippen LogP contribution in [-0.2, 0) is 16.6 Å². The Labute approximate surface area is 102 Å². The fourth-order valence-electron chi connectivity index (χ4n) is 1.53. The average Bonchev–Trinajstić information content (AvgIpc) is 2.74. The Morgan fingerprint density at radius 3 is 2.88 bits per heavy atom. The van der Waals surface area contributed by atoms with Crippen LogP contribution in [0.4, 0.5) is 0 Å². The zero-order valence-electron chi connectivity index (χ0n) is 10.6. The lowest BCUT2D eigenvalue weighted by Gasteiger charge is -2.09. The van der Waals surface area contributed by atoms with Gasteiger partial charge in [-0.15, -0.1) is 0 Å². The van der Waals surface area contributed by atoms with Crippen molar-refractivity contribution in [3.63, 3.8) is 0 Å². The Kier molecular flexibility index (Phi) is 5.69. The van der Waals surface area contributed by atoms with E-state index in [1.165, 1.54) is 12.8 Å². The molecule has 1 aromatic heterocycles. The van der Waals surface area contributed by atoms with E-state index in [9.17, 15) is 4.79 Å². The van der Waals surface area contributed by atoms with Crippen molar-refractivity contribution < 1.29 is 9.53 Å². The second kappa shape index (κ2) is 7.06. The van der Waals surface area contributed by atoms with Crippen molar-refractivity contribution in [2.45, 2.75) is 38.6 Å². The molecule has 96 valence electrons. The number of hydrogen-bond donors (Lipinski definition) is 1. The summed E-state index contributed by atoms with van der Waals surface area (Å²) in [6, 6.07) is -0.727. The Bertz CT molecular complexity index is 349. The van der Waals surface area contributed by atoms with Crippen LogP contribution >= 0.6 is 0 Å². The number of nitrogens with zero attached hydrogens (tertiary/aromatic N) is 2. The molecule has 0 spiro atoms. The molecule has 17 heavy (non-hydrogen) atoms. The van der Waals surface area contributed by atoms with Crippen molar-refractivity contribution in [1.29, 1.82) is 0 Å². The van der Waals surface area contributed by atoms with E-state index in [0.29, 0.717) is 12.2 Å². The molecular formula is C12H21N3O2. The predicted molar refractivity (Wildman–Crippen MR) is 65.2 cm³/mol. The first kappa shape index (κ1) is 13.7. The molecule has 0 fully saturated rings. The number of rotatable bonds is 7. The minimum atomic E-state index is -0.727. The van der Waals surface area contributed by atoms with Crippen LogP contribution in [0.1, 0.15) is 44.2 Å². The molecule has 0 saturated carbocycles. The molecule has 2 N–H and O–H groups in total. The van der Waals surface area contributed by atoms with Crippen LogP contribution in [0.3, 0.4) is 0 Å². The summed E-state index contributed by atoms with van der Waals surface area (Å²) in [7, 11) is 1.78. The maximum absolute atomic E-state index is 11.6. The van der Waals surface area contributed by atoms with Crippen LogP contribution < -0.4 is 5.73 Å². The number of esters is 1. The van der Waals surface area contributed by atoms with Crippen LogP contribution in [0.25, 0.3) is 0 Å². The number of carbonyl (C=O) groups excluding carboxylic acids is 1. The molecule has 5 nitrogen and oxygen atoms in total. The van der Waals surface area contributed by atoms with Crippen LogP contribution in [-0.4, -0.2) is 22.4 Å². The van der Waals surface area contributed by atoms with Crippen molar-refractivity contribution in [2.75, 3.05) is 6.61 Å². The number of unbranched alkanes of at least 4 members (excludes halogenated alkanes) is 3. The lowest BCUT2D eigenvalue weighted by atomic mass is 10.2. The van der Waals surface area contributed by atoms with Crippen molar-refractivity contribution in [3.8, 4) is 0 Å². The lowest BCUT2D eigenvalue weighted by molar-refractivity contribution is -0.145. The summed E-state index contributed by atoms with van der Waals surface area (Å²) in [6.07, 6.45) is 7.65. The highest BCUT2D eigenvalue weighted by Crippen LogP contribution is 2.10. The Balaban J connectivity index is 2.28. The van der Waals surface area contributed by atoms with Crippen molar-refractivity contribution in [1.82, 2.24) is 9.78 Å². The van der Waals surface area contributed by atoms with Gasteiger partial charge in [-0.05, 0) is 6.42 Å². The molecule has 0 aromatic carbocycles. The standard InChI is InChI=1S/C12H21N3O2/c1-3-4-5-6-7-17-12(16)11(13)10-8-14-15(2)9-10/h8-9,11H,3-7,13H2,1-2H3. The monoisotopic (exact) mass is 239 g/mol. The summed E-state index contributed by atoms with van der Waals surface area (Å²) in [6.45, 7) is 2.59. The minimum Gasteiger partial charge on any atom is -0.464 e. The van der Waals surface area contributed by atoms with Crippen LogP contribution in [0.2, 0.25) is 0 Å². The molecule has 5 heteroatoms. The maximum atomic E-state index is 11.6. The molecular weight excluding hydrogens is 218 g/mol. The van der Waals surface area contributed by atoms with E-state index in [-0.39, 0.29) is 5.97 Å². The third-order valence-electron chi connectivity index (χ3n) is 2.58. The zero-order chi connectivity index (χ0) is 12.7. The number of ether oxygens (including phenoxy) is 1. The fourth-order valence-corrected chi connectivity index (χ4v) is 1.53. The number of carbonyl (C=O) groups is 1. The number of aromatic nitrogens is 2. The van der Waals surface area contributed by atoms with Gasteiger partial charge < -0.3 is 10.5 Å². The first-order valence-corrected chi connectivity index (χ1v) is 6.06. The van der Waals surface area contributed by atoms with Gasteiger partial charge in [0.25, 0.3) is 0 Å². The smallest absolute Gasteiger partial charge is 0.327 e. The second-order valence-corrected chi connectivity index (χ2v) is 4.15. The van der Waals surface area contributed by atoms with E-state index in [1.807, 2.05) is 0 Å². The normalized spacial score (nSPS) is 12.4. The molecule has 1 heterocycles. The number of aryl methyl sites for hydroxylation is 1. The first-order chi connectivity index (χ1) is 8.15. The fraction of sp³-hybridized carbons (Fsp3) is 0.667. The van der Waals surface area contributed by atoms with Gasteiger partial charge in [-0.25, -0.2) is 4.79 Å². The van der Waals surface area contributed by atoms with Crippen molar-refractivity contribution in [3.05, 3.63) is 18.0 Å². The van der Waals surface area contributed by atoms with E-state index in [0.717, 1.165) is 12.8 Å². The Morgan fingerprint density at radius 1 is 1.53 bits per heavy atom. The van der Waals surface area contributed by atoms with Crippen molar-refractivity contribution >= 4 is 5.97 Å². The molecule has 0 bridgehead atoms. The van der Waals surface area contributed by atoms with Crippen LogP contribution in [0.15, 0.2) is 12.4 Å². The second-order valence-electron chi connectivity index (χ2n) is 4.15. The van der Waals surface area contributed by atoms with Gasteiger partial charge in [0.05, 0.1) is 12.8 Å². The highest BCUT2D eigenvalue weighted by molar-refractivity contribution is 5.77. The van der Waals surface area contributed by atoms with E-state index in [1.54, 1.807) is 24.1 Å². The van der Waals surface area contributed by atoms with Crippen LogP contribution in [0, 0.1) is 0 Å². The Morgan fingerprint density at radius 2 is 2.29 bits per heavy atom. The minimum absolute atomic E-state index is 0.380. The summed E-state index contributed by atoms with van der Waals surface area (Å²) in [5.74, 6) is -0.380. The van der Waals surface area contributed by atoms with E-state index >= 15 is 0 Å². The predicted octanol–water partition coefficient (Wildman–Crippen LogP) is 1.54. The van der Waals surface area contributed by atoms with Crippen molar-refractivity contribution in [2.24, 2.45) is 12.8 Å². The van der Waals surface area contributed by atoms with Gasteiger partial charge in [-0.2, -0.15) is 5.10 Å². The summed E-state index contributed by atoms with van der Waals surface area (Å²) in [5.41, 5.74) is 6.45. The summed E-state index contributed by atoms with van der Waals surface area (Å²) in [5, 5.41) is 3.97. The molecule has 1 aromatic rings. The zero-order valence-corrected chi connectivity index (χ0v) is 10.6. The topological polar surface area (TPSA) is 70.1 Å². The van der Waals surface area contributed by atoms with Gasteiger partial charge in [-0.3, -0.25) is 4.68 Å². The highest BCUT2D eigenvalue weighted by atomic mass is 16.5. The Hall–Kier alpha value is -1.36. The van der Waals surface area contributed by atoms with Gasteiger partial charge >= 0.3 is 5.97 Å². The summed E-state index contributed by atoms with van der Waals surface area (Å²) in [4.78, 5) is 11.6. The number of nitrogens with two attached hydrogens (primary N) is 1. The molecule has 0 aliphatic heterocycles. The summed E-state index contributed by atoms with van der Waals surface area (Å²) >= 11 is 0. The van der Waals surface area contributed by atoms with Gasteiger partial charge in [0.2, 0.25) is 0 Å². The van der Waals surface area contributed by atoms with E-state index in [4.69, 9.17) is 10.5 Å². The SMILES string of the molecule is CCCCCCOC(=O)C(N)c1cnn(C)c1. The summed E-state index contributed by atoms with van der Waals surface area (Å²) < 4.78 is 6.73. The molecule has 0 amide bonds. The van der Waals surface area contributed by atoms with E-state index < -0.39 is 6.04 Å². The molecule has 0 aliphatic carbocycles. The molecule has 0 radical (unpaired) electrons. The molecule has 0 saturated heterocycles. The van der Waals surface area contributed by atoms with Gasteiger partial charge in [0, 0.05) is 18.8 Å². The molecule has 1 unspecified atom stereocenters. The first-order valence-electron chi connectivity index (χ1n) is 6.06. The third-order valence-corrected chi connectivity index (χ3v) is 2.58. The van der Waals surface area contributed by atoms with Gasteiger partial charge in [-0.1, -0.05) is 26.2 Å². The highest BCUT2D eigenvalue weighted by Gasteiger charge is 2.18. The lowest BCUT2D eigenvalue weighted by Crippen LogP contribution is -2.23. The quantitative estimate of drug-likeness (QED) is 0.579.